The van der Waals surface area contributed by atoms with Crippen LogP contribution in [-0.2, 0) is 0 Å². The predicted octanol–water partition coefficient (Wildman–Crippen LogP) is 4.42. The highest BCUT2D eigenvalue weighted by atomic mass is 35.5. The summed E-state index contributed by atoms with van der Waals surface area (Å²) in [6, 6.07) is 21.2. The van der Waals surface area contributed by atoms with E-state index in [4.69, 9.17) is 0 Å². The van der Waals surface area contributed by atoms with Crippen LogP contribution < -0.4 is 5.32 Å². The van der Waals surface area contributed by atoms with E-state index in [0.717, 1.165) is 16.8 Å². The van der Waals surface area contributed by atoms with Crippen LogP contribution in [0.4, 0.5) is 5.69 Å². The van der Waals surface area contributed by atoms with E-state index in [-0.39, 0.29) is 18.3 Å². The standard InChI is InChI=1S/C18H14N2O.ClH/c21-18(20-17-10-12-19-13-11-17)16-8-6-15(7-9-16)14-4-2-1-3-5-14;/h1-13H,(H,19,20,21);1H. The minimum absolute atomic E-state index is 0. The van der Waals surface area contributed by atoms with Gasteiger partial charge in [0.2, 0.25) is 0 Å². The third-order valence-corrected chi connectivity index (χ3v) is 3.19. The topological polar surface area (TPSA) is 42.0 Å². The lowest BCUT2D eigenvalue weighted by Gasteiger charge is -2.06. The van der Waals surface area contributed by atoms with Crippen molar-refractivity contribution in [1.29, 1.82) is 0 Å². The number of carbonyl (C=O) groups excluding carboxylic acids is 1. The lowest BCUT2D eigenvalue weighted by molar-refractivity contribution is 0.102. The van der Waals surface area contributed by atoms with E-state index >= 15 is 0 Å². The Morgan fingerprint density at radius 3 is 2.00 bits per heavy atom. The molecule has 22 heavy (non-hydrogen) atoms. The maximum atomic E-state index is 12.1. The number of benzene rings is 2. The zero-order valence-corrected chi connectivity index (χ0v) is 12.6. The van der Waals surface area contributed by atoms with Gasteiger partial charge in [-0.05, 0) is 35.4 Å². The molecule has 0 bridgehead atoms. The van der Waals surface area contributed by atoms with Crippen molar-refractivity contribution in [1.82, 2.24) is 4.98 Å². The van der Waals surface area contributed by atoms with Crippen LogP contribution in [0.3, 0.4) is 0 Å². The van der Waals surface area contributed by atoms with Crippen molar-refractivity contribution in [2.75, 3.05) is 5.32 Å². The number of carbonyl (C=O) groups is 1. The van der Waals surface area contributed by atoms with Crippen molar-refractivity contribution >= 4 is 24.0 Å². The number of amides is 1. The average Bonchev–Trinajstić information content (AvgIpc) is 2.57. The first kappa shape index (κ1) is 15.7. The van der Waals surface area contributed by atoms with E-state index in [1.165, 1.54) is 0 Å². The van der Waals surface area contributed by atoms with Crippen molar-refractivity contribution < 1.29 is 4.79 Å². The summed E-state index contributed by atoms with van der Waals surface area (Å²) in [5.74, 6) is -0.124. The number of nitrogens with zero attached hydrogens (tertiary/aromatic N) is 1. The van der Waals surface area contributed by atoms with Crippen LogP contribution in [0.5, 0.6) is 0 Å². The first-order valence-corrected chi connectivity index (χ1v) is 6.70. The van der Waals surface area contributed by atoms with Gasteiger partial charge in [-0.15, -0.1) is 12.4 Å². The van der Waals surface area contributed by atoms with Gasteiger partial charge in [-0.3, -0.25) is 9.78 Å². The normalized spacial score (nSPS) is 9.64. The quantitative estimate of drug-likeness (QED) is 0.778. The number of hydrogen-bond donors (Lipinski definition) is 1. The molecule has 2 aromatic carbocycles. The van der Waals surface area contributed by atoms with E-state index in [2.05, 4.69) is 10.3 Å². The number of anilines is 1. The predicted molar refractivity (Wildman–Crippen MR) is 91.3 cm³/mol. The monoisotopic (exact) mass is 310 g/mol. The number of nitrogens with one attached hydrogen (secondary N) is 1. The van der Waals surface area contributed by atoms with Crippen molar-refractivity contribution in [2.24, 2.45) is 0 Å². The highest BCUT2D eigenvalue weighted by Crippen LogP contribution is 2.19. The summed E-state index contributed by atoms with van der Waals surface area (Å²) in [5, 5.41) is 2.84. The highest BCUT2D eigenvalue weighted by Gasteiger charge is 2.06. The molecule has 0 radical (unpaired) electrons. The van der Waals surface area contributed by atoms with E-state index in [1.807, 2.05) is 54.6 Å². The second-order valence-electron chi connectivity index (χ2n) is 4.63. The second kappa shape index (κ2) is 7.38. The molecule has 0 unspecified atom stereocenters. The van der Waals surface area contributed by atoms with Crippen molar-refractivity contribution in [2.45, 2.75) is 0 Å². The fourth-order valence-corrected chi connectivity index (χ4v) is 2.08. The molecular formula is C18H15ClN2O. The first-order valence-electron chi connectivity index (χ1n) is 6.70. The lowest BCUT2D eigenvalue weighted by Crippen LogP contribution is -2.11. The van der Waals surface area contributed by atoms with Crippen molar-refractivity contribution in [3.63, 3.8) is 0 Å². The number of hydrogen-bond acceptors (Lipinski definition) is 2. The number of pyridine rings is 1. The van der Waals surface area contributed by atoms with Gasteiger partial charge in [0.25, 0.3) is 5.91 Å². The van der Waals surface area contributed by atoms with Crippen LogP contribution >= 0.6 is 12.4 Å². The third-order valence-electron chi connectivity index (χ3n) is 3.19. The van der Waals surface area contributed by atoms with Gasteiger partial charge < -0.3 is 5.32 Å². The van der Waals surface area contributed by atoms with E-state index in [0.29, 0.717) is 5.56 Å². The fraction of sp³-hybridized carbons (Fsp3) is 0. The second-order valence-corrected chi connectivity index (χ2v) is 4.63. The largest absolute Gasteiger partial charge is 0.322 e. The van der Waals surface area contributed by atoms with Crippen LogP contribution in [0.2, 0.25) is 0 Å². The molecular weight excluding hydrogens is 296 g/mol. The summed E-state index contributed by atoms with van der Waals surface area (Å²) in [7, 11) is 0. The van der Waals surface area contributed by atoms with Gasteiger partial charge in [0.1, 0.15) is 0 Å². The molecule has 110 valence electrons. The molecule has 0 fully saturated rings. The third kappa shape index (κ3) is 3.71. The number of rotatable bonds is 3. The molecule has 3 aromatic rings. The van der Waals surface area contributed by atoms with Crippen LogP contribution in [0, 0.1) is 0 Å². The molecule has 1 amide bonds. The molecule has 1 N–H and O–H groups in total. The molecule has 0 aliphatic carbocycles. The zero-order valence-electron chi connectivity index (χ0n) is 11.8. The van der Waals surface area contributed by atoms with Gasteiger partial charge in [0.05, 0.1) is 0 Å². The average molecular weight is 311 g/mol. The maximum absolute atomic E-state index is 12.1. The molecule has 1 heterocycles. The van der Waals surface area contributed by atoms with E-state index in [9.17, 15) is 4.79 Å². The number of aromatic nitrogens is 1. The molecule has 0 aliphatic heterocycles. The molecule has 4 heteroatoms. The summed E-state index contributed by atoms with van der Waals surface area (Å²) in [4.78, 5) is 16.0. The van der Waals surface area contributed by atoms with Crippen LogP contribution in [0.25, 0.3) is 11.1 Å². The Bertz CT molecular complexity index is 728. The Kier molecular flexibility index (Phi) is 5.28. The van der Waals surface area contributed by atoms with Gasteiger partial charge in [-0.1, -0.05) is 42.5 Å². The molecule has 3 nitrogen and oxygen atoms in total. The summed E-state index contributed by atoms with van der Waals surface area (Å²) in [5.41, 5.74) is 3.60. The zero-order chi connectivity index (χ0) is 14.5. The van der Waals surface area contributed by atoms with Gasteiger partial charge >= 0.3 is 0 Å². The Balaban J connectivity index is 0.00000176. The van der Waals surface area contributed by atoms with Gasteiger partial charge in [-0.2, -0.15) is 0 Å². The Hall–Kier alpha value is -2.65. The molecule has 3 rings (SSSR count). The Labute approximate surface area is 135 Å². The van der Waals surface area contributed by atoms with E-state index in [1.54, 1.807) is 24.5 Å². The summed E-state index contributed by atoms with van der Waals surface area (Å²) >= 11 is 0. The van der Waals surface area contributed by atoms with Crippen LogP contribution in [0.1, 0.15) is 10.4 Å². The minimum Gasteiger partial charge on any atom is -0.322 e. The molecule has 0 spiro atoms. The molecule has 0 atom stereocenters. The number of halogens is 1. The smallest absolute Gasteiger partial charge is 0.255 e. The van der Waals surface area contributed by atoms with Crippen molar-refractivity contribution in [3.8, 4) is 11.1 Å². The summed E-state index contributed by atoms with van der Waals surface area (Å²) < 4.78 is 0. The molecule has 0 aliphatic rings. The molecule has 0 saturated carbocycles. The van der Waals surface area contributed by atoms with Crippen LogP contribution in [0.15, 0.2) is 79.1 Å². The van der Waals surface area contributed by atoms with Gasteiger partial charge in [-0.25, -0.2) is 0 Å². The lowest BCUT2D eigenvalue weighted by atomic mass is 10.0. The first-order chi connectivity index (χ1) is 10.3. The Morgan fingerprint density at radius 2 is 1.36 bits per heavy atom. The maximum Gasteiger partial charge on any atom is 0.255 e. The molecule has 1 aromatic heterocycles. The summed E-state index contributed by atoms with van der Waals surface area (Å²) in [6.45, 7) is 0. The van der Waals surface area contributed by atoms with Gasteiger partial charge in [0, 0.05) is 23.6 Å². The summed E-state index contributed by atoms with van der Waals surface area (Å²) in [6.07, 6.45) is 3.29. The fourth-order valence-electron chi connectivity index (χ4n) is 2.08. The minimum atomic E-state index is -0.124. The Morgan fingerprint density at radius 1 is 0.773 bits per heavy atom. The molecule has 0 saturated heterocycles. The van der Waals surface area contributed by atoms with Crippen LogP contribution in [-0.4, -0.2) is 10.9 Å². The highest BCUT2D eigenvalue weighted by molar-refractivity contribution is 6.04. The SMILES string of the molecule is Cl.O=C(Nc1ccncc1)c1ccc(-c2ccccc2)cc1. The van der Waals surface area contributed by atoms with Crippen molar-refractivity contribution in [3.05, 3.63) is 84.7 Å². The van der Waals surface area contributed by atoms with E-state index < -0.39 is 0 Å². The van der Waals surface area contributed by atoms with Gasteiger partial charge in [0.15, 0.2) is 0 Å².